The van der Waals surface area contributed by atoms with Gasteiger partial charge in [0.25, 0.3) is 17.7 Å². The number of benzene rings is 2. The highest BCUT2D eigenvalue weighted by Crippen LogP contribution is 2.30. The van der Waals surface area contributed by atoms with Crippen molar-refractivity contribution >= 4 is 29.4 Å². The summed E-state index contributed by atoms with van der Waals surface area (Å²) in [6.07, 6.45) is 2.92. The Morgan fingerprint density at radius 3 is 2.24 bits per heavy atom. The van der Waals surface area contributed by atoms with Crippen LogP contribution in [0.4, 0.5) is 5.69 Å². The Balaban J connectivity index is 1.46. The van der Waals surface area contributed by atoms with Crippen molar-refractivity contribution in [3.8, 4) is 5.75 Å². The van der Waals surface area contributed by atoms with Crippen molar-refractivity contribution in [2.45, 2.75) is 52.1 Å². The zero-order valence-electron chi connectivity index (χ0n) is 19.6. The Labute approximate surface area is 198 Å². The molecule has 1 fully saturated rings. The number of piperidine rings is 1. The lowest BCUT2D eigenvalue weighted by atomic mass is 9.97. The minimum absolute atomic E-state index is 0.104. The Kier molecular flexibility index (Phi) is 6.68. The molecular weight excluding hydrogens is 436 g/mol. The summed E-state index contributed by atoms with van der Waals surface area (Å²) >= 11 is 0. The second kappa shape index (κ2) is 9.67. The number of carbonyl (C=O) groups is 4. The molecule has 0 N–H and O–H groups in total. The number of imide groups is 1. The molecule has 0 aliphatic carbocycles. The Hall–Kier alpha value is -3.68. The summed E-state index contributed by atoms with van der Waals surface area (Å²) < 4.78 is 10.7. The van der Waals surface area contributed by atoms with Gasteiger partial charge in [0.1, 0.15) is 5.75 Å². The molecule has 2 heterocycles. The van der Waals surface area contributed by atoms with Gasteiger partial charge in [-0.15, -0.1) is 0 Å². The van der Waals surface area contributed by atoms with Crippen LogP contribution in [0.15, 0.2) is 42.5 Å². The number of ether oxygens (including phenoxy) is 2. The zero-order valence-corrected chi connectivity index (χ0v) is 19.6. The summed E-state index contributed by atoms with van der Waals surface area (Å²) in [5, 5.41) is 0. The van der Waals surface area contributed by atoms with E-state index in [1.54, 1.807) is 29.2 Å². The smallest absolute Gasteiger partial charge is 0.338 e. The van der Waals surface area contributed by atoms with Crippen molar-refractivity contribution in [3.63, 3.8) is 0 Å². The van der Waals surface area contributed by atoms with E-state index >= 15 is 0 Å². The van der Waals surface area contributed by atoms with Gasteiger partial charge < -0.3 is 14.4 Å². The van der Waals surface area contributed by atoms with Crippen LogP contribution in [0.2, 0.25) is 0 Å². The first-order valence-electron chi connectivity index (χ1n) is 11.6. The number of hydrogen-bond donors (Lipinski definition) is 0. The van der Waals surface area contributed by atoms with Crippen molar-refractivity contribution in [1.82, 2.24) is 4.90 Å². The van der Waals surface area contributed by atoms with Gasteiger partial charge in [0, 0.05) is 12.1 Å². The molecule has 0 bridgehead atoms. The molecule has 4 rings (SSSR count). The van der Waals surface area contributed by atoms with Crippen LogP contribution >= 0.6 is 0 Å². The first kappa shape index (κ1) is 23.5. The van der Waals surface area contributed by atoms with Crippen LogP contribution in [0.1, 0.15) is 71.1 Å². The number of esters is 1. The van der Waals surface area contributed by atoms with Gasteiger partial charge in [0.2, 0.25) is 0 Å². The highest BCUT2D eigenvalue weighted by molar-refractivity contribution is 6.34. The first-order chi connectivity index (χ1) is 16.3. The quantitative estimate of drug-likeness (QED) is 0.477. The number of carbonyl (C=O) groups excluding carboxylic acids is 4. The molecule has 0 aromatic heterocycles. The Morgan fingerprint density at radius 2 is 1.59 bits per heavy atom. The maximum absolute atomic E-state index is 13.0. The maximum atomic E-state index is 13.0. The minimum Gasteiger partial charge on any atom is -0.494 e. The number of nitrogens with zero attached hydrogens (tertiary/aromatic N) is 2. The van der Waals surface area contributed by atoms with E-state index in [0.717, 1.165) is 24.2 Å². The van der Waals surface area contributed by atoms with E-state index in [1.165, 1.54) is 18.2 Å². The predicted octanol–water partition coefficient (Wildman–Crippen LogP) is 3.83. The van der Waals surface area contributed by atoms with Crippen LogP contribution in [0.3, 0.4) is 0 Å². The summed E-state index contributed by atoms with van der Waals surface area (Å²) in [6.45, 7) is 6.00. The lowest BCUT2D eigenvalue weighted by Gasteiger charge is -2.38. The lowest BCUT2D eigenvalue weighted by Crippen LogP contribution is -2.49. The van der Waals surface area contributed by atoms with Crippen molar-refractivity contribution in [3.05, 3.63) is 59.2 Å². The average Bonchev–Trinajstić information content (AvgIpc) is 3.07. The van der Waals surface area contributed by atoms with Crippen molar-refractivity contribution in [1.29, 1.82) is 0 Å². The van der Waals surface area contributed by atoms with E-state index in [9.17, 15) is 19.2 Å². The second-order valence-electron chi connectivity index (χ2n) is 8.64. The number of likely N-dealkylation sites (tertiary alicyclic amines) is 1. The average molecular weight is 465 g/mol. The molecule has 2 aromatic carbocycles. The number of rotatable bonds is 6. The van der Waals surface area contributed by atoms with Gasteiger partial charge in [0.05, 0.1) is 29.0 Å². The van der Waals surface area contributed by atoms with E-state index in [1.807, 2.05) is 20.8 Å². The normalized spacial score (nSPS) is 19.7. The summed E-state index contributed by atoms with van der Waals surface area (Å²) in [7, 11) is 0. The molecule has 2 aliphatic rings. The van der Waals surface area contributed by atoms with Gasteiger partial charge in [-0.3, -0.25) is 14.4 Å². The van der Waals surface area contributed by atoms with Crippen LogP contribution in [-0.4, -0.2) is 53.9 Å². The third-order valence-corrected chi connectivity index (χ3v) is 6.34. The SMILES string of the molecule is CCOc1ccc(N2C(=O)c3ccc(C(=O)OCC(=O)N4C(C)CCCC4C)cc3C2=O)cc1. The molecule has 0 radical (unpaired) electrons. The molecule has 3 amide bonds. The van der Waals surface area contributed by atoms with Crippen LogP contribution in [0.25, 0.3) is 0 Å². The molecule has 8 nitrogen and oxygen atoms in total. The largest absolute Gasteiger partial charge is 0.494 e. The Morgan fingerprint density at radius 1 is 0.941 bits per heavy atom. The number of fused-ring (bicyclic) bond motifs is 1. The summed E-state index contributed by atoms with van der Waals surface area (Å²) in [5.41, 5.74) is 0.857. The molecule has 2 atom stereocenters. The molecule has 0 spiro atoms. The van der Waals surface area contributed by atoms with E-state index in [4.69, 9.17) is 9.47 Å². The third-order valence-electron chi connectivity index (χ3n) is 6.34. The van der Waals surface area contributed by atoms with Crippen LogP contribution in [0, 0.1) is 0 Å². The van der Waals surface area contributed by atoms with E-state index < -0.39 is 17.8 Å². The van der Waals surface area contributed by atoms with Gasteiger partial charge in [-0.2, -0.15) is 0 Å². The molecule has 1 saturated heterocycles. The molecule has 2 aromatic rings. The zero-order chi connectivity index (χ0) is 24.4. The molecule has 0 saturated carbocycles. The van der Waals surface area contributed by atoms with Gasteiger partial charge in [-0.05, 0) is 82.5 Å². The standard InChI is InChI=1S/C26H28N2O6/c1-4-33-20-11-9-19(10-12-20)28-24(30)21-13-8-18(14-22(21)25(28)31)26(32)34-15-23(29)27-16(2)6-5-7-17(27)3/h8-14,16-17H,4-7,15H2,1-3H3. The number of amides is 3. The van der Waals surface area contributed by atoms with Crippen LogP contribution in [0.5, 0.6) is 5.75 Å². The Bertz CT molecular complexity index is 1120. The fourth-order valence-corrected chi connectivity index (χ4v) is 4.66. The van der Waals surface area contributed by atoms with E-state index in [2.05, 4.69) is 0 Å². The van der Waals surface area contributed by atoms with Crippen molar-refractivity contribution in [2.75, 3.05) is 18.1 Å². The maximum Gasteiger partial charge on any atom is 0.338 e. The van der Waals surface area contributed by atoms with Gasteiger partial charge >= 0.3 is 5.97 Å². The predicted molar refractivity (Wildman–Crippen MR) is 125 cm³/mol. The fourth-order valence-electron chi connectivity index (χ4n) is 4.66. The second-order valence-corrected chi connectivity index (χ2v) is 8.64. The van der Waals surface area contributed by atoms with Crippen LogP contribution in [-0.2, 0) is 9.53 Å². The monoisotopic (exact) mass is 464 g/mol. The number of hydrogen-bond acceptors (Lipinski definition) is 6. The first-order valence-corrected chi connectivity index (χ1v) is 11.6. The topological polar surface area (TPSA) is 93.2 Å². The molecule has 8 heteroatoms. The van der Waals surface area contributed by atoms with Gasteiger partial charge in [-0.1, -0.05) is 0 Å². The fraction of sp³-hybridized carbons (Fsp3) is 0.385. The highest BCUT2D eigenvalue weighted by atomic mass is 16.5. The van der Waals surface area contributed by atoms with Crippen molar-refractivity contribution in [2.24, 2.45) is 0 Å². The van der Waals surface area contributed by atoms with Gasteiger partial charge in [0.15, 0.2) is 6.61 Å². The molecular formula is C26H28N2O6. The molecule has 34 heavy (non-hydrogen) atoms. The summed E-state index contributed by atoms with van der Waals surface area (Å²) in [5.74, 6) is -1.30. The lowest BCUT2D eigenvalue weighted by molar-refractivity contribution is -0.140. The minimum atomic E-state index is -0.715. The van der Waals surface area contributed by atoms with Gasteiger partial charge in [-0.25, -0.2) is 9.69 Å². The third kappa shape index (κ3) is 4.40. The van der Waals surface area contributed by atoms with E-state index in [0.29, 0.717) is 18.0 Å². The summed E-state index contributed by atoms with van der Waals surface area (Å²) in [6, 6.07) is 11.1. The molecule has 178 valence electrons. The van der Waals surface area contributed by atoms with Crippen LogP contribution < -0.4 is 9.64 Å². The highest BCUT2D eigenvalue weighted by Gasteiger charge is 2.37. The molecule has 2 aliphatic heterocycles. The number of anilines is 1. The summed E-state index contributed by atoms with van der Waals surface area (Å²) in [4.78, 5) is 54.0. The van der Waals surface area contributed by atoms with E-state index in [-0.39, 0.29) is 41.3 Å². The van der Waals surface area contributed by atoms with Crippen molar-refractivity contribution < 1.29 is 28.7 Å². The molecule has 2 unspecified atom stereocenters.